The zero-order valence-electron chi connectivity index (χ0n) is 12.8. The molecule has 2 N–H and O–H groups in total. The summed E-state index contributed by atoms with van der Waals surface area (Å²) in [4.78, 5) is 33.8. The molecule has 0 fully saturated rings. The molecule has 0 saturated carbocycles. The van der Waals surface area contributed by atoms with Crippen LogP contribution >= 0.6 is 0 Å². The second-order valence-electron chi connectivity index (χ2n) is 4.82. The molecule has 124 valence electrons. The highest BCUT2D eigenvalue weighted by Crippen LogP contribution is 2.24. The Morgan fingerprint density at radius 2 is 2.08 bits per heavy atom. The van der Waals surface area contributed by atoms with Crippen molar-refractivity contribution in [3.63, 3.8) is 0 Å². The first-order valence-corrected chi connectivity index (χ1v) is 7.00. The van der Waals surface area contributed by atoms with Crippen LogP contribution in [0.5, 0.6) is 0 Å². The van der Waals surface area contributed by atoms with E-state index in [2.05, 4.69) is 10.6 Å². The molecule has 0 aliphatic heterocycles. The Morgan fingerprint density at radius 1 is 1.29 bits per heavy atom. The fraction of sp³-hybridized carbons (Fsp3) is 0.125. The molecule has 1 heterocycles. The van der Waals surface area contributed by atoms with Gasteiger partial charge in [0.05, 0.1) is 29.0 Å². The normalized spacial score (nSPS) is 10.5. The molecule has 2 aromatic rings. The quantitative estimate of drug-likeness (QED) is 0.479. The first-order chi connectivity index (χ1) is 11.5. The molecule has 0 aliphatic carbocycles. The van der Waals surface area contributed by atoms with Crippen LogP contribution in [0, 0.1) is 17.0 Å². The molecule has 24 heavy (non-hydrogen) atoms. The third-order valence-corrected chi connectivity index (χ3v) is 3.14. The molecule has 2 rings (SSSR count). The van der Waals surface area contributed by atoms with E-state index in [1.807, 2.05) is 0 Å². The highest BCUT2D eigenvalue weighted by atomic mass is 16.6. The van der Waals surface area contributed by atoms with Gasteiger partial charge in [0.2, 0.25) is 11.8 Å². The Balaban J connectivity index is 1.88. The maximum Gasteiger partial charge on any atom is 0.274 e. The lowest BCUT2D eigenvalue weighted by Crippen LogP contribution is -2.31. The molecule has 0 unspecified atom stereocenters. The summed E-state index contributed by atoms with van der Waals surface area (Å²) in [6.45, 7) is 1.28. The van der Waals surface area contributed by atoms with E-state index in [1.165, 1.54) is 30.5 Å². The van der Waals surface area contributed by atoms with Crippen molar-refractivity contribution in [2.75, 3.05) is 11.9 Å². The van der Waals surface area contributed by atoms with Gasteiger partial charge in [-0.25, -0.2) is 0 Å². The number of amides is 2. The maximum absolute atomic E-state index is 11.8. The summed E-state index contributed by atoms with van der Waals surface area (Å²) in [5.74, 6) is -0.433. The van der Waals surface area contributed by atoms with Crippen molar-refractivity contribution in [3.8, 4) is 0 Å². The SMILES string of the molecule is Cc1c(NC(=O)CNC(=O)/C=C/c2ccco2)cccc1[N+](=O)[O-]. The summed E-state index contributed by atoms with van der Waals surface area (Å²) in [7, 11) is 0. The van der Waals surface area contributed by atoms with Crippen molar-refractivity contribution in [2.24, 2.45) is 0 Å². The van der Waals surface area contributed by atoms with E-state index in [9.17, 15) is 19.7 Å². The van der Waals surface area contributed by atoms with Gasteiger partial charge in [0.25, 0.3) is 5.69 Å². The predicted molar refractivity (Wildman–Crippen MR) is 87.2 cm³/mol. The van der Waals surface area contributed by atoms with Crippen LogP contribution < -0.4 is 10.6 Å². The van der Waals surface area contributed by atoms with Crippen LogP contribution in [-0.2, 0) is 9.59 Å². The van der Waals surface area contributed by atoms with Gasteiger partial charge in [0.1, 0.15) is 5.76 Å². The number of hydrogen-bond acceptors (Lipinski definition) is 5. The van der Waals surface area contributed by atoms with Crippen LogP contribution in [0.4, 0.5) is 11.4 Å². The van der Waals surface area contributed by atoms with Crippen molar-refractivity contribution in [2.45, 2.75) is 6.92 Å². The van der Waals surface area contributed by atoms with Gasteiger partial charge in [0, 0.05) is 12.1 Å². The molecule has 0 aliphatic rings. The lowest BCUT2D eigenvalue weighted by Gasteiger charge is -2.08. The van der Waals surface area contributed by atoms with Crippen LogP contribution in [-0.4, -0.2) is 23.3 Å². The largest absolute Gasteiger partial charge is 0.465 e. The third kappa shape index (κ3) is 4.54. The number of hydrogen-bond donors (Lipinski definition) is 2. The number of furan rings is 1. The lowest BCUT2D eigenvalue weighted by molar-refractivity contribution is -0.385. The summed E-state index contributed by atoms with van der Waals surface area (Å²) in [5.41, 5.74) is 0.590. The van der Waals surface area contributed by atoms with E-state index in [0.717, 1.165) is 0 Å². The Hall–Kier alpha value is -3.42. The molecule has 8 heteroatoms. The van der Waals surface area contributed by atoms with Crippen molar-refractivity contribution in [1.82, 2.24) is 5.32 Å². The Bertz CT molecular complexity index is 781. The van der Waals surface area contributed by atoms with Crippen LogP contribution in [0.15, 0.2) is 47.1 Å². The Morgan fingerprint density at radius 3 is 2.75 bits per heavy atom. The average molecular weight is 329 g/mol. The summed E-state index contributed by atoms with van der Waals surface area (Å²) in [6, 6.07) is 7.75. The zero-order chi connectivity index (χ0) is 17.5. The second kappa shape index (κ2) is 7.73. The molecule has 0 atom stereocenters. The Kier molecular flexibility index (Phi) is 5.45. The van der Waals surface area contributed by atoms with E-state index in [1.54, 1.807) is 25.1 Å². The maximum atomic E-state index is 11.8. The van der Waals surface area contributed by atoms with Crippen molar-refractivity contribution >= 4 is 29.3 Å². The van der Waals surface area contributed by atoms with Gasteiger partial charge >= 0.3 is 0 Å². The number of anilines is 1. The van der Waals surface area contributed by atoms with Crippen LogP contribution in [0.1, 0.15) is 11.3 Å². The highest BCUT2D eigenvalue weighted by Gasteiger charge is 2.14. The lowest BCUT2D eigenvalue weighted by atomic mass is 10.1. The predicted octanol–water partition coefficient (Wildman–Crippen LogP) is 2.26. The molecule has 0 saturated heterocycles. The molecule has 2 amide bonds. The van der Waals surface area contributed by atoms with Gasteiger partial charge in [-0.05, 0) is 31.2 Å². The average Bonchev–Trinajstić information content (AvgIpc) is 3.06. The second-order valence-corrected chi connectivity index (χ2v) is 4.82. The van der Waals surface area contributed by atoms with Crippen LogP contribution in [0.3, 0.4) is 0 Å². The molecule has 0 bridgehead atoms. The number of benzene rings is 1. The summed E-state index contributed by atoms with van der Waals surface area (Å²) >= 11 is 0. The first-order valence-electron chi connectivity index (χ1n) is 7.00. The molecular weight excluding hydrogens is 314 g/mol. The van der Waals surface area contributed by atoms with Crippen LogP contribution in [0.2, 0.25) is 0 Å². The van der Waals surface area contributed by atoms with E-state index < -0.39 is 16.7 Å². The van der Waals surface area contributed by atoms with E-state index in [4.69, 9.17) is 4.42 Å². The monoisotopic (exact) mass is 329 g/mol. The number of nitrogens with zero attached hydrogens (tertiary/aromatic N) is 1. The summed E-state index contributed by atoms with van der Waals surface area (Å²) < 4.78 is 5.03. The minimum Gasteiger partial charge on any atom is -0.465 e. The third-order valence-electron chi connectivity index (χ3n) is 3.14. The van der Waals surface area contributed by atoms with Crippen LogP contribution in [0.25, 0.3) is 6.08 Å². The minimum atomic E-state index is -0.522. The Labute approximate surface area is 137 Å². The summed E-state index contributed by atoms with van der Waals surface area (Å²) in [6.07, 6.45) is 4.19. The molecular formula is C16H15N3O5. The fourth-order valence-electron chi connectivity index (χ4n) is 1.92. The van der Waals surface area contributed by atoms with Gasteiger partial charge in [-0.15, -0.1) is 0 Å². The molecule has 1 aromatic carbocycles. The fourth-order valence-corrected chi connectivity index (χ4v) is 1.92. The zero-order valence-corrected chi connectivity index (χ0v) is 12.8. The molecule has 0 spiro atoms. The van der Waals surface area contributed by atoms with E-state index >= 15 is 0 Å². The molecule has 1 aromatic heterocycles. The van der Waals surface area contributed by atoms with Crippen molar-refractivity contribution in [1.29, 1.82) is 0 Å². The summed E-state index contributed by atoms with van der Waals surface area (Å²) in [5, 5.41) is 15.8. The van der Waals surface area contributed by atoms with E-state index in [0.29, 0.717) is 17.0 Å². The number of nitro groups is 1. The highest BCUT2D eigenvalue weighted by molar-refractivity contribution is 5.98. The number of nitro benzene ring substituents is 1. The van der Waals surface area contributed by atoms with E-state index in [-0.39, 0.29) is 12.2 Å². The standard InChI is InChI=1S/C16H15N3O5/c1-11-13(5-2-6-14(11)19(22)23)18-16(21)10-17-15(20)8-7-12-4-3-9-24-12/h2-9H,10H2,1H3,(H,17,20)(H,18,21)/b8-7+. The minimum absolute atomic E-state index is 0.0850. The van der Waals surface area contributed by atoms with Gasteiger partial charge in [-0.1, -0.05) is 6.07 Å². The van der Waals surface area contributed by atoms with Crippen molar-refractivity contribution in [3.05, 3.63) is 64.1 Å². The number of carbonyl (C=O) groups is 2. The van der Waals surface area contributed by atoms with Crippen molar-refractivity contribution < 1.29 is 18.9 Å². The topological polar surface area (TPSA) is 114 Å². The number of nitrogens with one attached hydrogen (secondary N) is 2. The first kappa shape index (κ1) is 16.9. The number of carbonyl (C=O) groups excluding carboxylic acids is 2. The van der Waals surface area contributed by atoms with Gasteiger partial charge < -0.3 is 15.1 Å². The smallest absolute Gasteiger partial charge is 0.274 e. The molecule has 0 radical (unpaired) electrons. The van der Waals surface area contributed by atoms with Gasteiger partial charge in [-0.3, -0.25) is 19.7 Å². The van der Waals surface area contributed by atoms with Gasteiger partial charge in [0.15, 0.2) is 0 Å². The number of rotatable bonds is 6. The van der Waals surface area contributed by atoms with Gasteiger partial charge in [-0.2, -0.15) is 0 Å². The molecule has 8 nitrogen and oxygen atoms in total.